The average Bonchev–Trinajstić information content (AvgIpc) is 3.23. The van der Waals surface area contributed by atoms with Gasteiger partial charge in [0.25, 0.3) is 5.56 Å². The maximum atomic E-state index is 12.9. The number of rotatable bonds is 4. The van der Waals surface area contributed by atoms with Gasteiger partial charge in [-0.25, -0.2) is 9.97 Å². The minimum absolute atomic E-state index is 0.0852. The zero-order valence-corrected chi connectivity index (χ0v) is 18.3. The molecule has 3 heterocycles. The van der Waals surface area contributed by atoms with Crippen LogP contribution in [0, 0.1) is 6.92 Å². The zero-order valence-electron chi connectivity index (χ0n) is 17.5. The predicted molar refractivity (Wildman–Crippen MR) is 124 cm³/mol. The number of fused-ring (bicyclic) bond motifs is 2. The van der Waals surface area contributed by atoms with E-state index in [4.69, 9.17) is 4.98 Å². The lowest BCUT2D eigenvalue weighted by atomic mass is 9.98. The molecule has 0 radical (unpaired) electrons. The predicted octanol–water partition coefficient (Wildman–Crippen LogP) is 4.11. The summed E-state index contributed by atoms with van der Waals surface area (Å²) in [6, 6.07) is 13.8. The van der Waals surface area contributed by atoms with E-state index in [1.54, 1.807) is 28.3 Å². The SMILES string of the molecule is Cc1cccc2c(=O)n(CCC(=O)N3CCC[C@H](c4nc5ccccc5s4)C3)cnc12. The summed E-state index contributed by atoms with van der Waals surface area (Å²) < 4.78 is 2.74. The second-order valence-electron chi connectivity index (χ2n) is 8.16. The molecular formula is C24H24N4O2S. The number of likely N-dealkylation sites (tertiary alicyclic amines) is 1. The number of benzene rings is 2. The first-order chi connectivity index (χ1) is 15.1. The summed E-state index contributed by atoms with van der Waals surface area (Å²) in [6.45, 7) is 3.75. The van der Waals surface area contributed by atoms with Crippen LogP contribution in [-0.4, -0.2) is 38.4 Å². The highest BCUT2D eigenvalue weighted by atomic mass is 32.1. The summed E-state index contributed by atoms with van der Waals surface area (Å²) in [7, 11) is 0. The van der Waals surface area contributed by atoms with Crippen LogP contribution in [0.3, 0.4) is 0 Å². The highest BCUT2D eigenvalue weighted by Crippen LogP contribution is 2.33. The van der Waals surface area contributed by atoms with Gasteiger partial charge in [-0.05, 0) is 43.5 Å². The number of piperidine rings is 1. The molecule has 0 saturated carbocycles. The van der Waals surface area contributed by atoms with Crippen molar-refractivity contribution in [3.8, 4) is 0 Å². The summed E-state index contributed by atoms with van der Waals surface area (Å²) in [4.78, 5) is 36.9. The molecule has 0 unspecified atom stereocenters. The topological polar surface area (TPSA) is 68.1 Å². The van der Waals surface area contributed by atoms with E-state index < -0.39 is 0 Å². The molecule has 0 bridgehead atoms. The van der Waals surface area contributed by atoms with Crippen molar-refractivity contribution in [2.45, 2.75) is 38.6 Å². The summed E-state index contributed by atoms with van der Waals surface area (Å²) in [6.07, 6.45) is 3.89. The molecule has 2 aromatic heterocycles. The fourth-order valence-electron chi connectivity index (χ4n) is 4.34. The second-order valence-corrected chi connectivity index (χ2v) is 9.23. The molecule has 7 heteroatoms. The maximum absolute atomic E-state index is 12.9. The number of hydrogen-bond acceptors (Lipinski definition) is 5. The Morgan fingerprint density at radius 3 is 2.94 bits per heavy atom. The van der Waals surface area contributed by atoms with Gasteiger partial charge >= 0.3 is 0 Å². The van der Waals surface area contributed by atoms with Gasteiger partial charge in [0, 0.05) is 32.0 Å². The number of amides is 1. The number of aryl methyl sites for hydroxylation is 2. The van der Waals surface area contributed by atoms with E-state index in [0.29, 0.717) is 24.9 Å². The molecule has 1 fully saturated rings. The van der Waals surface area contributed by atoms with Crippen molar-refractivity contribution in [1.82, 2.24) is 19.4 Å². The quantitative estimate of drug-likeness (QED) is 0.487. The smallest absolute Gasteiger partial charge is 0.261 e. The van der Waals surface area contributed by atoms with Gasteiger partial charge in [-0.1, -0.05) is 24.3 Å². The van der Waals surface area contributed by atoms with Crippen molar-refractivity contribution in [1.29, 1.82) is 0 Å². The van der Waals surface area contributed by atoms with Crippen molar-refractivity contribution >= 4 is 38.4 Å². The molecule has 0 N–H and O–H groups in total. The van der Waals surface area contributed by atoms with Crippen LogP contribution in [0.2, 0.25) is 0 Å². The number of para-hydroxylation sites is 2. The van der Waals surface area contributed by atoms with E-state index in [0.717, 1.165) is 41.0 Å². The Bertz CT molecular complexity index is 1290. The number of nitrogens with zero attached hydrogens (tertiary/aromatic N) is 4. The van der Waals surface area contributed by atoms with Crippen LogP contribution in [0.25, 0.3) is 21.1 Å². The lowest BCUT2D eigenvalue weighted by Crippen LogP contribution is -2.39. The monoisotopic (exact) mass is 432 g/mol. The Kier molecular flexibility index (Phi) is 5.28. The van der Waals surface area contributed by atoms with Gasteiger partial charge in [-0.15, -0.1) is 11.3 Å². The standard InChI is InChI=1S/C24H24N4O2S/c1-16-6-4-8-18-22(16)25-15-28(24(18)30)13-11-21(29)27-12-5-7-17(14-27)23-26-19-9-2-3-10-20(19)31-23/h2-4,6,8-10,15,17H,5,7,11-14H2,1H3/t17-/m0/s1. The molecule has 31 heavy (non-hydrogen) atoms. The first kappa shape index (κ1) is 19.9. The molecule has 4 aromatic rings. The lowest BCUT2D eigenvalue weighted by molar-refractivity contribution is -0.132. The summed E-state index contributed by atoms with van der Waals surface area (Å²) in [5.41, 5.74) is 2.65. The Morgan fingerprint density at radius 2 is 2.06 bits per heavy atom. The largest absolute Gasteiger partial charge is 0.342 e. The Balaban J connectivity index is 1.28. The van der Waals surface area contributed by atoms with Gasteiger partial charge in [-0.2, -0.15) is 0 Å². The van der Waals surface area contributed by atoms with Crippen molar-refractivity contribution in [3.63, 3.8) is 0 Å². The molecule has 1 atom stereocenters. The van der Waals surface area contributed by atoms with Crippen molar-refractivity contribution in [2.75, 3.05) is 13.1 Å². The lowest BCUT2D eigenvalue weighted by Gasteiger charge is -2.32. The number of thiazole rings is 1. The highest BCUT2D eigenvalue weighted by Gasteiger charge is 2.26. The average molecular weight is 433 g/mol. The third-order valence-electron chi connectivity index (χ3n) is 6.06. The molecule has 158 valence electrons. The minimum Gasteiger partial charge on any atom is -0.342 e. The normalized spacial score (nSPS) is 16.8. The van der Waals surface area contributed by atoms with Gasteiger partial charge in [0.1, 0.15) is 0 Å². The van der Waals surface area contributed by atoms with E-state index in [1.165, 1.54) is 4.70 Å². The fourth-order valence-corrected chi connectivity index (χ4v) is 5.43. The molecule has 1 aliphatic heterocycles. The zero-order chi connectivity index (χ0) is 21.4. The van der Waals surface area contributed by atoms with Gasteiger partial charge in [0.2, 0.25) is 5.91 Å². The molecule has 1 amide bonds. The van der Waals surface area contributed by atoms with Crippen LogP contribution < -0.4 is 5.56 Å². The van der Waals surface area contributed by atoms with Gasteiger partial charge < -0.3 is 4.90 Å². The van der Waals surface area contributed by atoms with Crippen molar-refractivity contribution in [2.24, 2.45) is 0 Å². The van der Waals surface area contributed by atoms with Crippen LogP contribution >= 0.6 is 11.3 Å². The summed E-state index contributed by atoms with van der Waals surface area (Å²) >= 11 is 1.73. The van der Waals surface area contributed by atoms with Crippen LogP contribution in [0.5, 0.6) is 0 Å². The number of carbonyl (C=O) groups excluding carboxylic acids is 1. The van der Waals surface area contributed by atoms with Crippen LogP contribution in [0.15, 0.2) is 53.6 Å². The Morgan fingerprint density at radius 1 is 1.19 bits per heavy atom. The molecule has 0 aliphatic carbocycles. The summed E-state index contributed by atoms with van der Waals surface area (Å²) in [5.74, 6) is 0.366. The van der Waals surface area contributed by atoms with Crippen LogP contribution in [0.1, 0.15) is 35.8 Å². The van der Waals surface area contributed by atoms with Crippen molar-refractivity contribution in [3.05, 3.63) is 69.7 Å². The molecule has 1 aliphatic rings. The van der Waals surface area contributed by atoms with Crippen LogP contribution in [0.4, 0.5) is 0 Å². The minimum atomic E-state index is -0.0903. The number of aromatic nitrogens is 3. The number of carbonyl (C=O) groups is 1. The number of hydrogen-bond donors (Lipinski definition) is 0. The summed E-state index contributed by atoms with van der Waals surface area (Å²) in [5, 5.41) is 1.72. The highest BCUT2D eigenvalue weighted by molar-refractivity contribution is 7.18. The van der Waals surface area contributed by atoms with E-state index in [-0.39, 0.29) is 17.4 Å². The molecule has 6 nitrogen and oxygen atoms in total. The van der Waals surface area contributed by atoms with Gasteiger partial charge in [-0.3, -0.25) is 14.2 Å². The van der Waals surface area contributed by atoms with E-state index in [1.807, 2.05) is 42.2 Å². The first-order valence-corrected chi connectivity index (χ1v) is 11.5. The first-order valence-electron chi connectivity index (χ1n) is 10.7. The van der Waals surface area contributed by atoms with Gasteiger partial charge in [0.05, 0.1) is 32.5 Å². The molecule has 1 saturated heterocycles. The van der Waals surface area contributed by atoms with Crippen LogP contribution in [-0.2, 0) is 11.3 Å². The molecule has 5 rings (SSSR count). The van der Waals surface area contributed by atoms with E-state index in [9.17, 15) is 9.59 Å². The maximum Gasteiger partial charge on any atom is 0.261 e. The van der Waals surface area contributed by atoms with Gasteiger partial charge in [0.15, 0.2) is 0 Å². The Labute approximate surface area is 184 Å². The fraction of sp³-hybridized carbons (Fsp3) is 0.333. The third-order valence-corrected chi connectivity index (χ3v) is 7.25. The van der Waals surface area contributed by atoms with Crippen molar-refractivity contribution < 1.29 is 4.79 Å². The van der Waals surface area contributed by atoms with E-state index in [2.05, 4.69) is 11.1 Å². The molecule has 0 spiro atoms. The molecule has 2 aromatic carbocycles. The Hall–Kier alpha value is -3.06. The van der Waals surface area contributed by atoms with E-state index >= 15 is 0 Å². The third kappa shape index (κ3) is 3.85. The molecular weight excluding hydrogens is 408 g/mol. The second kappa shape index (κ2) is 8.23.